The molecule has 2 rings (SSSR count). The average molecular weight is 277 g/mol. The molecule has 0 radical (unpaired) electrons. The van der Waals surface area contributed by atoms with Gasteiger partial charge in [0.15, 0.2) is 0 Å². The number of rotatable bonds is 4. The fourth-order valence-electron chi connectivity index (χ4n) is 2.50. The van der Waals surface area contributed by atoms with E-state index in [1.54, 1.807) is 11.8 Å². The Balaban J connectivity index is 1.81. The number of nitrogens with one attached hydrogen (secondary N) is 1. The molecule has 1 saturated carbocycles. The van der Waals surface area contributed by atoms with E-state index in [0.717, 1.165) is 17.7 Å². The van der Waals surface area contributed by atoms with Gasteiger partial charge in [-0.2, -0.15) is 0 Å². The van der Waals surface area contributed by atoms with Crippen molar-refractivity contribution in [2.75, 3.05) is 0 Å². The van der Waals surface area contributed by atoms with E-state index in [1.807, 2.05) is 25.1 Å². The van der Waals surface area contributed by atoms with Crippen LogP contribution >= 0.6 is 11.8 Å². The molecule has 1 aliphatic carbocycles. The number of carbonyl (C=O) groups excluding carboxylic acids is 1. The number of hydrogen-bond donors (Lipinski definition) is 1. The molecule has 1 fully saturated rings. The zero-order valence-electron chi connectivity index (χ0n) is 11.6. The van der Waals surface area contributed by atoms with Gasteiger partial charge in [-0.15, -0.1) is 11.8 Å². The SMILES string of the molecule is C[C@@H](Sc1ccccc1)C(=O)NC1CCCCCC1. The van der Waals surface area contributed by atoms with Crippen molar-refractivity contribution in [3.05, 3.63) is 30.3 Å². The van der Waals surface area contributed by atoms with Gasteiger partial charge in [-0.25, -0.2) is 0 Å². The molecule has 1 atom stereocenters. The largest absolute Gasteiger partial charge is 0.352 e. The molecule has 0 heterocycles. The molecule has 1 aliphatic rings. The van der Waals surface area contributed by atoms with Crippen LogP contribution in [-0.2, 0) is 4.79 Å². The molecule has 3 heteroatoms. The van der Waals surface area contributed by atoms with Gasteiger partial charge in [-0.1, -0.05) is 43.9 Å². The van der Waals surface area contributed by atoms with Crippen LogP contribution in [0, 0.1) is 0 Å². The van der Waals surface area contributed by atoms with Crippen LogP contribution in [0.3, 0.4) is 0 Å². The third kappa shape index (κ3) is 4.90. The summed E-state index contributed by atoms with van der Waals surface area (Å²) in [6, 6.07) is 10.5. The van der Waals surface area contributed by atoms with Crippen LogP contribution in [0.15, 0.2) is 35.2 Å². The summed E-state index contributed by atoms with van der Waals surface area (Å²) in [4.78, 5) is 13.4. The minimum Gasteiger partial charge on any atom is -0.352 e. The second kappa shape index (κ2) is 7.59. The predicted molar refractivity (Wildman–Crippen MR) is 81.4 cm³/mol. The molecule has 1 amide bonds. The fourth-order valence-corrected chi connectivity index (χ4v) is 3.40. The van der Waals surface area contributed by atoms with Crippen molar-refractivity contribution < 1.29 is 4.79 Å². The first-order chi connectivity index (χ1) is 9.25. The quantitative estimate of drug-likeness (QED) is 0.665. The van der Waals surface area contributed by atoms with Crippen LogP contribution in [0.5, 0.6) is 0 Å². The number of thioether (sulfide) groups is 1. The minimum absolute atomic E-state index is 0.0225. The molecule has 0 aliphatic heterocycles. The van der Waals surface area contributed by atoms with E-state index >= 15 is 0 Å². The topological polar surface area (TPSA) is 29.1 Å². The van der Waals surface area contributed by atoms with Gasteiger partial charge in [0.05, 0.1) is 5.25 Å². The molecule has 1 aromatic rings. The highest BCUT2D eigenvalue weighted by atomic mass is 32.2. The number of amides is 1. The Morgan fingerprint density at radius 2 is 1.79 bits per heavy atom. The Morgan fingerprint density at radius 1 is 1.16 bits per heavy atom. The van der Waals surface area contributed by atoms with Crippen molar-refractivity contribution in [1.29, 1.82) is 0 Å². The Morgan fingerprint density at radius 3 is 2.42 bits per heavy atom. The summed E-state index contributed by atoms with van der Waals surface area (Å²) in [5.74, 6) is 0.181. The summed E-state index contributed by atoms with van der Waals surface area (Å²) in [6.07, 6.45) is 7.45. The Labute approximate surface area is 120 Å². The van der Waals surface area contributed by atoms with Crippen LogP contribution in [0.1, 0.15) is 45.4 Å². The molecule has 104 valence electrons. The summed E-state index contributed by atoms with van der Waals surface area (Å²) in [6.45, 7) is 1.99. The van der Waals surface area contributed by atoms with Crippen molar-refractivity contribution in [2.45, 2.75) is 61.6 Å². The molecule has 0 spiro atoms. The first-order valence-electron chi connectivity index (χ1n) is 7.28. The third-order valence-electron chi connectivity index (χ3n) is 3.63. The predicted octanol–water partition coefficient (Wildman–Crippen LogP) is 4.01. The number of hydrogen-bond acceptors (Lipinski definition) is 2. The van der Waals surface area contributed by atoms with E-state index in [2.05, 4.69) is 17.4 Å². The van der Waals surface area contributed by atoms with Gasteiger partial charge in [-0.05, 0) is 31.9 Å². The van der Waals surface area contributed by atoms with Crippen LogP contribution in [0.4, 0.5) is 0 Å². The lowest BCUT2D eigenvalue weighted by Crippen LogP contribution is -2.39. The fraction of sp³-hybridized carbons (Fsp3) is 0.562. The first kappa shape index (κ1) is 14.4. The maximum absolute atomic E-state index is 12.2. The van der Waals surface area contributed by atoms with Crippen LogP contribution < -0.4 is 5.32 Å². The standard InChI is InChI=1S/C16H23NOS/c1-13(19-15-11-7-4-8-12-15)16(18)17-14-9-5-2-3-6-10-14/h4,7-8,11-14H,2-3,5-6,9-10H2,1H3,(H,17,18)/t13-/m1/s1. The highest BCUT2D eigenvalue weighted by Crippen LogP contribution is 2.23. The molecule has 19 heavy (non-hydrogen) atoms. The summed E-state index contributed by atoms with van der Waals surface area (Å²) in [7, 11) is 0. The second-order valence-corrected chi connectivity index (χ2v) is 6.68. The number of carbonyl (C=O) groups is 1. The smallest absolute Gasteiger partial charge is 0.233 e. The van der Waals surface area contributed by atoms with Crippen LogP contribution in [-0.4, -0.2) is 17.2 Å². The van der Waals surface area contributed by atoms with Gasteiger partial charge in [0.2, 0.25) is 5.91 Å². The van der Waals surface area contributed by atoms with E-state index < -0.39 is 0 Å². The molecule has 1 aromatic carbocycles. The summed E-state index contributed by atoms with van der Waals surface area (Å²) < 4.78 is 0. The molecular formula is C16H23NOS. The molecule has 1 N–H and O–H groups in total. The van der Waals surface area contributed by atoms with Gasteiger partial charge in [0.1, 0.15) is 0 Å². The Kier molecular flexibility index (Phi) is 5.77. The van der Waals surface area contributed by atoms with E-state index in [4.69, 9.17) is 0 Å². The van der Waals surface area contributed by atoms with Crippen molar-refractivity contribution in [3.63, 3.8) is 0 Å². The number of benzene rings is 1. The lowest BCUT2D eigenvalue weighted by molar-refractivity contribution is -0.121. The van der Waals surface area contributed by atoms with Gasteiger partial charge in [-0.3, -0.25) is 4.79 Å². The minimum atomic E-state index is -0.0225. The van der Waals surface area contributed by atoms with E-state index in [-0.39, 0.29) is 11.2 Å². The third-order valence-corrected chi connectivity index (χ3v) is 4.74. The van der Waals surface area contributed by atoms with Gasteiger partial charge >= 0.3 is 0 Å². The summed E-state index contributed by atoms with van der Waals surface area (Å²) >= 11 is 1.63. The van der Waals surface area contributed by atoms with Crippen LogP contribution in [0.2, 0.25) is 0 Å². The lowest BCUT2D eigenvalue weighted by Gasteiger charge is -2.19. The Hall–Kier alpha value is -0.960. The highest BCUT2D eigenvalue weighted by Gasteiger charge is 2.19. The zero-order valence-corrected chi connectivity index (χ0v) is 12.4. The summed E-state index contributed by atoms with van der Waals surface area (Å²) in [5.41, 5.74) is 0. The van der Waals surface area contributed by atoms with Crippen molar-refractivity contribution in [1.82, 2.24) is 5.32 Å². The van der Waals surface area contributed by atoms with Gasteiger partial charge < -0.3 is 5.32 Å². The van der Waals surface area contributed by atoms with Gasteiger partial charge in [0, 0.05) is 10.9 Å². The molecule has 0 saturated heterocycles. The maximum Gasteiger partial charge on any atom is 0.233 e. The van der Waals surface area contributed by atoms with Crippen molar-refractivity contribution >= 4 is 17.7 Å². The zero-order chi connectivity index (χ0) is 13.5. The van der Waals surface area contributed by atoms with E-state index in [0.29, 0.717) is 6.04 Å². The highest BCUT2D eigenvalue weighted by molar-refractivity contribution is 8.00. The molecular weight excluding hydrogens is 254 g/mol. The van der Waals surface area contributed by atoms with E-state index in [1.165, 1.54) is 25.7 Å². The molecule has 0 unspecified atom stereocenters. The van der Waals surface area contributed by atoms with E-state index in [9.17, 15) is 4.79 Å². The maximum atomic E-state index is 12.2. The monoisotopic (exact) mass is 277 g/mol. The first-order valence-corrected chi connectivity index (χ1v) is 8.16. The van der Waals surface area contributed by atoms with Crippen molar-refractivity contribution in [3.8, 4) is 0 Å². The van der Waals surface area contributed by atoms with Crippen LogP contribution in [0.25, 0.3) is 0 Å². The Bertz CT molecular complexity index is 385. The second-order valence-electron chi connectivity index (χ2n) is 5.27. The molecule has 0 bridgehead atoms. The van der Waals surface area contributed by atoms with Crippen molar-refractivity contribution in [2.24, 2.45) is 0 Å². The molecule has 2 nitrogen and oxygen atoms in total. The summed E-state index contributed by atoms with van der Waals surface area (Å²) in [5, 5.41) is 3.20. The average Bonchev–Trinajstić information content (AvgIpc) is 2.68. The molecule has 0 aromatic heterocycles. The lowest BCUT2D eigenvalue weighted by atomic mass is 10.1. The van der Waals surface area contributed by atoms with Gasteiger partial charge in [0.25, 0.3) is 0 Å². The normalized spacial score (nSPS) is 18.6.